The number of likely N-dealkylation sites (N-methyl/N-ethyl adjacent to an activating group) is 1. The van der Waals surface area contributed by atoms with Gasteiger partial charge in [-0.2, -0.15) is 0 Å². The van der Waals surface area contributed by atoms with Gasteiger partial charge in [0, 0.05) is 43.1 Å². The van der Waals surface area contributed by atoms with Crippen molar-refractivity contribution < 1.29 is 9.53 Å². The van der Waals surface area contributed by atoms with Crippen molar-refractivity contribution in [2.75, 3.05) is 44.0 Å². The van der Waals surface area contributed by atoms with Gasteiger partial charge < -0.3 is 19.4 Å². The summed E-state index contributed by atoms with van der Waals surface area (Å²) in [7, 11) is 6.11. The molecule has 0 bridgehead atoms. The summed E-state index contributed by atoms with van der Waals surface area (Å²) in [5.41, 5.74) is 2.77. The molecule has 2 aromatic carbocycles. The van der Waals surface area contributed by atoms with E-state index in [4.69, 9.17) is 4.74 Å². The Morgan fingerprint density at radius 3 is 2.35 bits per heavy atom. The SMILES string of the molecule is CN(C(=O)c1ccc(OC2C=CCCC2)cc1)c1ccc(N2CCC(N(C)C)C2)cc1. The van der Waals surface area contributed by atoms with E-state index in [2.05, 4.69) is 48.2 Å². The minimum absolute atomic E-state index is 0.0225. The fourth-order valence-electron chi connectivity index (χ4n) is 4.33. The lowest BCUT2D eigenvalue weighted by atomic mass is 10.1. The Balaban J connectivity index is 1.37. The first kappa shape index (κ1) is 21.4. The molecule has 1 saturated heterocycles. The van der Waals surface area contributed by atoms with E-state index in [9.17, 15) is 4.79 Å². The molecule has 4 rings (SSSR count). The maximum atomic E-state index is 13.0. The Morgan fingerprint density at radius 1 is 1.00 bits per heavy atom. The monoisotopic (exact) mass is 419 g/mol. The molecule has 31 heavy (non-hydrogen) atoms. The fourth-order valence-corrected chi connectivity index (χ4v) is 4.33. The topological polar surface area (TPSA) is 36.0 Å². The van der Waals surface area contributed by atoms with E-state index in [1.807, 2.05) is 43.4 Å². The highest BCUT2D eigenvalue weighted by atomic mass is 16.5. The van der Waals surface area contributed by atoms with Crippen molar-refractivity contribution in [3.8, 4) is 5.75 Å². The molecule has 2 atom stereocenters. The van der Waals surface area contributed by atoms with E-state index < -0.39 is 0 Å². The molecule has 1 aliphatic heterocycles. The van der Waals surface area contributed by atoms with Gasteiger partial charge >= 0.3 is 0 Å². The summed E-state index contributed by atoms with van der Waals surface area (Å²) in [4.78, 5) is 19.4. The number of amides is 1. The largest absolute Gasteiger partial charge is 0.486 e. The summed E-state index contributed by atoms with van der Waals surface area (Å²) in [6, 6.07) is 16.4. The van der Waals surface area contributed by atoms with Crippen LogP contribution in [0.15, 0.2) is 60.7 Å². The zero-order chi connectivity index (χ0) is 21.8. The molecule has 1 fully saturated rings. The standard InChI is InChI=1S/C26H33N3O2/c1-27(2)23-17-18-29(19-23)22-13-11-21(12-14-22)28(3)26(30)20-9-15-25(16-10-20)31-24-7-5-4-6-8-24/h5,7,9-16,23-24H,4,6,8,17-19H2,1-3H3. The van der Waals surface area contributed by atoms with E-state index in [0.29, 0.717) is 11.6 Å². The van der Waals surface area contributed by atoms with Gasteiger partial charge in [-0.25, -0.2) is 0 Å². The average molecular weight is 420 g/mol. The Labute approximate surface area is 185 Å². The number of rotatable bonds is 6. The second-order valence-corrected chi connectivity index (χ2v) is 8.77. The van der Waals surface area contributed by atoms with Crippen LogP contribution in [0, 0.1) is 0 Å². The lowest BCUT2D eigenvalue weighted by molar-refractivity contribution is 0.0993. The van der Waals surface area contributed by atoms with Gasteiger partial charge in [0.2, 0.25) is 0 Å². The first-order valence-corrected chi connectivity index (χ1v) is 11.2. The Kier molecular flexibility index (Phi) is 6.62. The fraction of sp³-hybridized carbons (Fsp3) is 0.423. The smallest absolute Gasteiger partial charge is 0.258 e. The molecule has 0 N–H and O–H groups in total. The summed E-state index contributed by atoms with van der Waals surface area (Å²) in [6.07, 6.45) is 8.97. The van der Waals surface area contributed by atoms with E-state index in [1.165, 1.54) is 12.1 Å². The molecule has 0 radical (unpaired) electrons. The van der Waals surface area contributed by atoms with Crippen LogP contribution in [0.5, 0.6) is 5.75 Å². The van der Waals surface area contributed by atoms with Crippen LogP contribution in [0.25, 0.3) is 0 Å². The molecule has 1 heterocycles. The van der Waals surface area contributed by atoms with E-state index in [-0.39, 0.29) is 12.0 Å². The van der Waals surface area contributed by atoms with Gasteiger partial charge in [-0.3, -0.25) is 4.79 Å². The molecule has 0 spiro atoms. The van der Waals surface area contributed by atoms with Crippen molar-refractivity contribution in [3.63, 3.8) is 0 Å². The molecule has 164 valence electrons. The molecule has 5 heteroatoms. The summed E-state index contributed by atoms with van der Waals surface area (Å²) < 4.78 is 6.00. The van der Waals surface area contributed by atoms with Crippen LogP contribution >= 0.6 is 0 Å². The molecule has 2 aliphatic rings. The Bertz CT molecular complexity index is 905. The van der Waals surface area contributed by atoms with Crippen LogP contribution in [-0.4, -0.2) is 57.2 Å². The minimum atomic E-state index is -0.0225. The highest BCUT2D eigenvalue weighted by Crippen LogP contribution is 2.26. The molecule has 2 aromatic rings. The van der Waals surface area contributed by atoms with Gasteiger partial charge in [-0.05, 0) is 94.4 Å². The zero-order valence-electron chi connectivity index (χ0n) is 18.8. The van der Waals surface area contributed by atoms with Crippen molar-refractivity contribution in [2.24, 2.45) is 0 Å². The van der Waals surface area contributed by atoms with Crippen LogP contribution in [0.4, 0.5) is 11.4 Å². The van der Waals surface area contributed by atoms with Gasteiger partial charge in [0.25, 0.3) is 5.91 Å². The number of nitrogens with zero attached hydrogens (tertiary/aromatic N) is 3. The first-order valence-electron chi connectivity index (χ1n) is 11.2. The van der Waals surface area contributed by atoms with Crippen LogP contribution in [0.3, 0.4) is 0 Å². The number of hydrogen-bond acceptors (Lipinski definition) is 4. The van der Waals surface area contributed by atoms with Crippen molar-refractivity contribution in [2.45, 2.75) is 37.8 Å². The number of benzene rings is 2. The van der Waals surface area contributed by atoms with Crippen LogP contribution in [0.1, 0.15) is 36.0 Å². The van der Waals surface area contributed by atoms with E-state index >= 15 is 0 Å². The summed E-state index contributed by atoms with van der Waals surface area (Å²) in [6.45, 7) is 2.12. The predicted molar refractivity (Wildman–Crippen MR) is 127 cm³/mol. The zero-order valence-corrected chi connectivity index (χ0v) is 18.8. The van der Waals surface area contributed by atoms with Gasteiger partial charge in [0.15, 0.2) is 0 Å². The summed E-state index contributed by atoms with van der Waals surface area (Å²) >= 11 is 0. The number of allylic oxidation sites excluding steroid dienone is 1. The Hall–Kier alpha value is -2.79. The molecular formula is C26H33N3O2. The average Bonchev–Trinajstić information content (AvgIpc) is 3.30. The molecule has 1 aliphatic carbocycles. The summed E-state index contributed by atoms with van der Waals surface area (Å²) in [5.74, 6) is 0.785. The third-order valence-electron chi connectivity index (χ3n) is 6.40. The predicted octanol–water partition coefficient (Wildman–Crippen LogP) is 4.59. The van der Waals surface area contributed by atoms with Gasteiger partial charge in [-0.1, -0.05) is 6.08 Å². The molecule has 2 unspecified atom stereocenters. The second-order valence-electron chi connectivity index (χ2n) is 8.77. The normalized spacial score (nSPS) is 20.8. The van der Waals surface area contributed by atoms with Gasteiger partial charge in [0.05, 0.1) is 0 Å². The van der Waals surface area contributed by atoms with Crippen LogP contribution < -0.4 is 14.5 Å². The van der Waals surface area contributed by atoms with Crippen LogP contribution in [0.2, 0.25) is 0 Å². The quantitative estimate of drug-likeness (QED) is 0.642. The van der Waals surface area contributed by atoms with Gasteiger partial charge in [0.1, 0.15) is 11.9 Å². The molecule has 5 nitrogen and oxygen atoms in total. The molecule has 0 aromatic heterocycles. The number of carbonyl (C=O) groups is 1. The first-order chi connectivity index (χ1) is 15.0. The van der Waals surface area contributed by atoms with Crippen molar-refractivity contribution in [3.05, 3.63) is 66.2 Å². The van der Waals surface area contributed by atoms with E-state index in [0.717, 1.165) is 43.8 Å². The maximum Gasteiger partial charge on any atom is 0.258 e. The molecule has 1 amide bonds. The molecule has 0 saturated carbocycles. The highest BCUT2D eigenvalue weighted by Gasteiger charge is 2.24. The number of hydrogen-bond donors (Lipinski definition) is 0. The number of ether oxygens (including phenoxy) is 1. The summed E-state index contributed by atoms with van der Waals surface area (Å²) in [5, 5.41) is 0. The third-order valence-corrected chi connectivity index (χ3v) is 6.40. The van der Waals surface area contributed by atoms with Crippen LogP contribution in [-0.2, 0) is 0 Å². The lowest BCUT2D eigenvalue weighted by Crippen LogP contribution is -2.31. The van der Waals surface area contributed by atoms with E-state index in [1.54, 1.807) is 4.90 Å². The second kappa shape index (κ2) is 9.56. The number of anilines is 2. The third kappa shape index (κ3) is 5.10. The van der Waals surface area contributed by atoms with Gasteiger partial charge in [-0.15, -0.1) is 0 Å². The lowest BCUT2D eigenvalue weighted by Gasteiger charge is -2.23. The number of carbonyl (C=O) groups excluding carboxylic acids is 1. The Morgan fingerprint density at radius 2 is 1.74 bits per heavy atom. The van der Waals surface area contributed by atoms with Crippen molar-refractivity contribution in [1.29, 1.82) is 0 Å². The molecular weight excluding hydrogens is 386 g/mol. The van der Waals surface area contributed by atoms with Crippen molar-refractivity contribution >= 4 is 17.3 Å². The maximum absolute atomic E-state index is 13.0. The minimum Gasteiger partial charge on any atom is -0.486 e. The van der Waals surface area contributed by atoms with Crippen molar-refractivity contribution in [1.82, 2.24) is 4.90 Å². The highest BCUT2D eigenvalue weighted by molar-refractivity contribution is 6.05.